The molecule has 0 saturated carbocycles. The van der Waals surface area contributed by atoms with Crippen LogP contribution in [0.5, 0.6) is 5.75 Å². The van der Waals surface area contributed by atoms with E-state index in [9.17, 15) is 4.79 Å². The predicted octanol–water partition coefficient (Wildman–Crippen LogP) is 4.53. The highest BCUT2D eigenvalue weighted by molar-refractivity contribution is 5.92. The van der Waals surface area contributed by atoms with Crippen molar-refractivity contribution < 1.29 is 14.3 Å². The van der Waals surface area contributed by atoms with Gasteiger partial charge in [-0.2, -0.15) is 0 Å². The summed E-state index contributed by atoms with van der Waals surface area (Å²) in [5.41, 5.74) is 2.76. The van der Waals surface area contributed by atoms with Gasteiger partial charge in [0.05, 0.1) is 6.61 Å². The summed E-state index contributed by atoms with van der Waals surface area (Å²) in [6.45, 7) is 4.99. The number of hydrogen-bond acceptors (Lipinski definition) is 3. The van der Waals surface area contributed by atoms with Crippen LogP contribution in [0, 0.1) is 6.92 Å². The number of rotatable bonds is 7. The van der Waals surface area contributed by atoms with Gasteiger partial charge in [0, 0.05) is 0 Å². The molecule has 2 aromatic rings. The summed E-state index contributed by atoms with van der Waals surface area (Å²) in [6.07, 6.45) is 1.87. The maximum atomic E-state index is 12.1. The molecule has 0 unspecified atom stereocenters. The number of benzene rings is 2. The van der Waals surface area contributed by atoms with Crippen LogP contribution in [0.3, 0.4) is 0 Å². The van der Waals surface area contributed by atoms with Gasteiger partial charge in [0.2, 0.25) is 0 Å². The maximum absolute atomic E-state index is 12.1. The second kappa shape index (κ2) is 8.23. The molecular weight excluding hydrogens is 276 g/mol. The minimum absolute atomic E-state index is 0.326. The Morgan fingerprint density at radius 3 is 2.50 bits per heavy atom. The normalized spacial score (nSPS) is 10.3. The van der Waals surface area contributed by atoms with E-state index in [1.807, 2.05) is 43.3 Å². The van der Waals surface area contributed by atoms with E-state index in [4.69, 9.17) is 9.47 Å². The Balaban J connectivity index is 2.01. The van der Waals surface area contributed by atoms with Gasteiger partial charge in [-0.25, -0.2) is 4.79 Å². The number of carbonyl (C=O) groups excluding carboxylic acids is 1. The minimum Gasteiger partial charge on any atom is -0.488 e. The van der Waals surface area contributed by atoms with Crippen molar-refractivity contribution in [3.8, 4) is 5.75 Å². The molecule has 0 spiro atoms. The van der Waals surface area contributed by atoms with Gasteiger partial charge >= 0.3 is 5.97 Å². The topological polar surface area (TPSA) is 35.5 Å². The fourth-order valence-electron chi connectivity index (χ4n) is 1.99. The van der Waals surface area contributed by atoms with Crippen LogP contribution in [0.25, 0.3) is 0 Å². The highest BCUT2D eigenvalue weighted by Gasteiger charge is 2.13. The molecule has 3 heteroatoms. The molecule has 0 heterocycles. The molecule has 0 aliphatic carbocycles. The number of para-hydroxylation sites is 1. The molecule has 2 rings (SSSR count). The van der Waals surface area contributed by atoms with Crippen molar-refractivity contribution >= 4 is 5.97 Å². The van der Waals surface area contributed by atoms with Crippen LogP contribution >= 0.6 is 0 Å². The minimum atomic E-state index is -0.326. The van der Waals surface area contributed by atoms with E-state index in [1.165, 1.54) is 5.56 Å². The average Bonchev–Trinajstić information content (AvgIpc) is 2.55. The van der Waals surface area contributed by atoms with Crippen LogP contribution in [0.4, 0.5) is 0 Å². The average molecular weight is 298 g/mol. The third-order valence-electron chi connectivity index (χ3n) is 3.35. The molecule has 3 nitrogen and oxygen atoms in total. The monoisotopic (exact) mass is 298 g/mol. The first-order valence-electron chi connectivity index (χ1n) is 7.65. The maximum Gasteiger partial charge on any atom is 0.341 e. The van der Waals surface area contributed by atoms with Crippen LogP contribution in [0.1, 0.15) is 41.3 Å². The zero-order chi connectivity index (χ0) is 15.8. The Kier molecular flexibility index (Phi) is 6.01. The third kappa shape index (κ3) is 4.62. The molecule has 0 radical (unpaired) electrons. The van der Waals surface area contributed by atoms with Crippen molar-refractivity contribution in [3.05, 3.63) is 65.2 Å². The number of unbranched alkanes of at least 4 members (excludes halogenated alkanes) is 1. The van der Waals surface area contributed by atoms with Gasteiger partial charge in [0.1, 0.15) is 17.9 Å². The van der Waals surface area contributed by atoms with Gasteiger partial charge in [0.15, 0.2) is 0 Å². The first kappa shape index (κ1) is 16.1. The Labute approximate surface area is 131 Å². The summed E-state index contributed by atoms with van der Waals surface area (Å²) in [5, 5.41) is 0. The smallest absolute Gasteiger partial charge is 0.341 e. The summed E-state index contributed by atoms with van der Waals surface area (Å²) in [7, 11) is 0. The second-order valence-electron chi connectivity index (χ2n) is 5.26. The van der Waals surface area contributed by atoms with Crippen LogP contribution in [-0.2, 0) is 11.3 Å². The Morgan fingerprint density at radius 2 is 1.77 bits per heavy atom. The standard InChI is InChI=1S/C19H22O3/c1-3-4-13-21-19(20)17-7-5-6-8-18(17)22-14-16-11-9-15(2)10-12-16/h5-12H,3-4,13-14H2,1-2H3. The summed E-state index contributed by atoms with van der Waals surface area (Å²) in [5.74, 6) is 0.234. The van der Waals surface area contributed by atoms with E-state index in [2.05, 4.69) is 6.92 Å². The van der Waals surface area contributed by atoms with E-state index < -0.39 is 0 Å². The molecule has 0 aromatic heterocycles. The van der Waals surface area contributed by atoms with Crippen LogP contribution in [0.15, 0.2) is 48.5 Å². The van der Waals surface area contributed by atoms with Crippen LogP contribution < -0.4 is 4.74 Å². The van der Waals surface area contributed by atoms with Gasteiger partial charge in [-0.15, -0.1) is 0 Å². The Morgan fingerprint density at radius 1 is 1.05 bits per heavy atom. The number of carbonyl (C=O) groups is 1. The second-order valence-corrected chi connectivity index (χ2v) is 5.26. The molecule has 0 saturated heterocycles. The number of aryl methyl sites for hydroxylation is 1. The summed E-state index contributed by atoms with van der Waals surface area (Å²) in [6, 6.07) is 15.3. The van der Waals surface area contributed by atoms with Gasteiger partial charge in [0.25, 0.3) is 0 Å². The lowest BCUT2D eigenvalue weighted by Crippen LogP contribution is -2.09. The molecule has 0 fully saturated rings. The molecule has 0 aliphatic rings. The van der Waals surface area contributed by atoms with E-state index in [0.717, 1.165) is 18.4 Å². The van der Waals surface area contributed by atoms with Gasteiger partial charge in [-0.3, -0.25) is 0 Å². The Hall–Kier alpha value is -2.29. The molecular formula is C19H22O3. The lowest BCUT2D eigenvalue weighted by atomic mass is 10.1. The lowest BCUT2D eigenvalue weighted by Gasteiger charge is -2.11. The highest BCUT2D eigenvalue weighted by atomic mass is 16.5. The SMILES string of the molecule is CCCCOC(=O)c1ccccc1OCc1ccc(C)cc1. The van der Waals surface area contributed by atoms with Crippen molar-refractivity contribution in [1.29, 1.82) is 0 Å². The Bertz CT molecular complexity index is 602. The van der Waals surface area contributed by atoms with E-state index in [-0.39, 0.29) is 5.97 Å². The summed E-state index contributed by atoms with van der Waals surface area (Å²) in [4.78, 5) is 12.1. The predicted molar refractivity (Wildman–Crippen MR) is 87.1 cm³/mol. The molecule has 116 valence electrons. The molecule has 0 amide bonds. The van der Waals surface area contributed by atoms with E-state index >= 15 is 0 Å². The number of hydrogen-bond donors (Lipinski definition) is 0. The van der Waals surface area contributed by atoms with E-state index in [0.29, 0.717) is 24.5 Å². The molecule has 0 bridgehead atoms. The number of ether oxygens (including phenoxy) is 2. The van der Waals surface area contributed by atoms with Crippen molar-refractivity contribution in [3.63, 3.8) is 0 Å². The van der Waals surface area contributed by atoms with E-state index in [1.54, 1.807) is 12.1 Å². The zero-order valence-electron chi connectivity index (χ0n) is 13.2. The summed E-state index contributed by atoms with van der Waals surface area (Å²) >= 11 is 0. The number of esters is 1. The van der Waals surface area contributed by atoms with Crippen molar-refractivity contribution in [2.45, 2.75) is 33.3 Å². The van der Waals surface area contributed by atoms with Crippen molar-refractivity contribution in [2.24, 2.45) is 0 Å². The van der Waals surface area contributed by atoms with Gasteiger partial charge < -0.3 is 9.47 Å². The zero-order valence-corrected chi connectivity index (χ0v) is 13.2. The van der Waals surface area contributed by atoms with Gasteiger partial charge in [-0.05, 0) is 31.0 Å². The summed E-state index contributed by atoms with van der Waals surface area (Å²) < 4.78 is 11.0. The van der Waals surface area contributed by atoms with Gasteiger partial charge in [-0.1, -0.05) is 55.3 Å². The fraction of sp³-hybridized carbons (Fsp3) is 0.316. The third-order valence-corrected chi connectivity index (χ3v) is 3.35. The first-order chi connectivity index (χ1) is 10.7. The molecule has 0 N–H and O–H groups in total. The fourth-order valence-corrected chi connectivity index (χ4v) is 1.99. The largest absolute Gasteiger partial charge is 0.488 e. The van der Waals surface area contributed by atoms with Crippen LogP contribution in [0.2, 0.25) is 0 Å². The molecule has 2 aromatic carbocycles. The van der Waals surface area contributed by atoms with Crippen molar-refractivity contribution in [2.75, 3.05) is 6.61 Å². The van der Waals surface area contributed by atoms with Crippen molar-refractivity contribution in [1.82, 2.24) is 0 Å². The lowest BCUT2D eigenvalue weighted by molar-refractivity contribution is 0.0494. The molecule has 22 heavy (non-hydrogen) atoms. The highest BCUT2D eigenvalue weighted by Crippen LogP contribution is 2.20. The molecule has 0 atom stereocenters. The molecule has 0 aliphatic heterocycles. The van der Waals surface area contributed by atoms with Crippen LogP contribution in [-0.4, -0.2) is 12.6 Å². The quantitative estimate of drug-likeness (QED) is 0.556. The first-order valence-corrected chi connectivity index (χ1v) is 7.65.